The van der Waals surface area contributed by atoms with Crippen LogP contribution in [0.2, 0.25) is 0 Å². The molecule has 0 fully saturated rings. The molecule has 0 saturated carbocycles. The van der Waals surface area contributed by atoms with Crippen LogP contribution in [0.15, 0.2) is 224 Å². The molecule has 0 heterocycles. The van der Waals surface area contributed by atoms with Crippen molar-refractivity contribution in [3.8, 4) is 39.1 Å². The molecule has 1 heteroatoms. The van der Waals surface area contributed by atoms with E-state index in [9.17, 15) is 0 Å². The van der Waals surface area contributed by atoms with Gasteiger partial charge in [-0.05, 0) is 208 Å². The van der Waals surface area contributed by atoms with Gasteiger partial charge in [0.1, 0.15) is 5.75 Å². The maximum Gasteiger partial charge on any atom is 0.122 e. The monoisotopic (exact) mass is 1060 g/mol. The Kier molecular flexibility index (Phi) is 27.5. The minimum Gasteiger partial charge on any atom is -0.496 e. The van der Waals surface area contributed by atoms with E-state index in [1.165, 1.54) is 122 Å². The lowest BCUT2D eigenvalue weighted by Crippen LogP contribution is -1.90. The zero-order valence-corrected chi connectivity index (χ0v) is 51.7. The number of hydrogen-bond donors (Lipinski definition) is 0. The molecular weight excluding hydrogens is 965 g/mol. The Hall–Kier alpha value is -8.00. The van der Waals surface area contributed by atoms with Crippen molar-refractivity contribution in [3.63, 3.8) is 0 Å². The lowest BCUT2D eigenvalue weighted by atomic mass is 9.98. The molecule has 10 aromatic rings. The minimum absolute atomic E-state index is 0.945. The highest BCUT2D eigenvalue weighted by Crippen LogP contribution is 2.29. The predicted molar refractivity (Wildman–Crippen MR) is 353 cm³/mol. The van der Waals surface area contributed by atoms with Crippen molar-refractivity contribution in [1.82, 2.24) is 0 Å². The number of ether oxygens (including phenoxy) is 1. The second-order valence-corrected chi connectivity index (χ2v) is 20.5. The second-order valence-electron chi connectivity index (χ2n) is 20.5. The predicted octanol–water partition coefficient (Wildman–Crippen LogP) is 22.4. The van der Waals surface area contributed by atoms with Gasteiger partial charge < -0.3 is 4.74 Å². The highest BCUT2D eigenvalue weighted by molar-refractivity contribution is 5.68. The molecule has 0 atom stereocenters. The lowest BCUT2D eigenvalue weighted by Gasteiger charge is -2.09. The Labute approximate surface area is 485 Å². The highest BCUT2D eigenvalue weighted by atomic mass is 16.5. The average molecular weight is 1060 g/mol. The largest absolute Gasteiger partial charge is 0.496 e. The summed E-state index contributed by atoms with van der Waals surface area (Å²) in [5.74, 6) is 0.945. The van der Waals surface area contributed by atoms with E-state index in [2.05, 4.69) is 308 Å². The first kappa shape index (κ1) is 64.5. The first-order valence-corrected chi connectivity index (χ1v) is 28.8. The maximum atomic E-state index is 5.36. The molecule has 0 spiro atoms. The molecule has 0 aliphatic heterocycles. The molecule has 0 amide bonds. The zero-order valence-electron chi connectivity index (χ0n) is 51.7. The van der Waals surface area contributed by atoms with Crippen LogP contribution in [0.4, 0.5) is 0 Å². The number of rotatable bonds is 8. The van der Waals surface area contributed by atoms with Gasteiger partial charge in [0.2, 0.25) is 0 Å². The van der Waals surface area contributed by atoms with Gasteiger partial charge in [-0.1, -0.05) is 263 Å². The third kappa shape index (κ3) is 21.3. The van der Waals surface area contributed by atoms with Gasteiger partial charge in [0.25, 0.3) is 0 Å². The molecular formula is C79H92O. The van der Waals surface area contributed by atoms with Crippen LogP contribution in [0.1, 0.15) is 117 Å². The van der Waals surface area contributed by atoms with Crippen molar-refractivity contribution in [2.24, 2.45) is 0 Å². The van der Waals surface area contributed by atoms with Crippen LogP contribution < -0.4 is 4.74 Å². The van der Waals surface area contributed by atoms with Gasteiger partial charge in [-0.15, -0.1) is 0 Å². The molecule has 10 rings (SSSR count). The zero-order chi connectivity index (χ0) is 58.6. The van der Waals surface area contributed by atoms with Gasteiger partial charge >= 0.3 is 0 Å². The van der Waals surface area contributed by atoms with Crippen molar-refractivity contribution in [1.29, 1.82) is 0 Å². The van der Waals surface area contributed by atoms with Crippen molar-refractivity contribution in [2.75, 3.05) is 7.11 Å². The van der Waals surface area contributed by atoms with E-state index in [0.717, 1.165) is 18.6 Å². The second kappa shape index (κ2) is 34.1. The molecule has 0 radical (unpaired) electrons. The molecule has 0 N–H and O–H groups in total. The van der Waals surface area contributed by atoms with E-state index >= 15 is 0 Å². The summed E-state index contributed by atoms with van der Waals surface area (Å²) in [5.41, 5.74) is 29.1. The molecule has 80 heavy (non-hydrogen) atoms. The third-order valence-corrected chi connectivity index (χ3v) is 14.2. The van der Waals surface area contributed by atoms with E-state index in [0.29, 0.717) is 0 Å². The van der Waals surface area contributed by atoms with Gasteiger partial charge in [-0.25, -0.2) is 0 Å². The molecule has 0 bridgehead atoms. The fourth-order valence-electron chi connectivity index (χ4n) is 8.54. The summed E-state index contributed by atoms with van der Waals surface area (Å²) < 4.78 is 5.36. The minimum atomic E-state index is 0.945. The van der Waals surface area contributed by atoms with E-state index < -0.39 is 0 Å². The SMILES string of the molecule is CC.CC.COc1cc(-c2ccc(C)c(C)c2)ccc1C.Cc1ccc(-c2ccc(C)c(C)c2)cc1C.Cc1ccc(-c2ccc(C)cc2)cc1.Cc1ccc(Cc2ccc(C)c(C)c2)cc1.c1ccc(Cc2ccccc2)cc1. The quantitative estimate of drug-likeness (QED) is 0.147. The maximum absolute atomic E-state index is 5.36. The van der Waals surface area contributed by atoms with Gasteiger partial charge in [0, 0.05) is 0 Å². The Balaban J connectivity index is 0.000000212. The summed E-state index contributed by atoms with van der Waals surface area (Å²) in [6.45, 7) is 33.7. The molecule has 0 unspecified atom stereocenters. The smallest absolute Gasteiger partial charge is 0.122 e. The van der Waals surface area contributed by atoms with Gasteiger partial charge in [0.15, 0.2) is 0 Å². The molecule has 414 valence electrons. The molecule has 0 saturated heterocycles. The number of methoxy groups -OCH3 is 1. The van der Waals surface area contributed by atoms with Crippen molar-refractivity contribution in [2.45, 2.75) is 124 Å². The van der Waals surface area contributed by atoms with Crippen LogP contribution in [0, 0.1) is 83.1 Å². The fraction of sp³-hybridized carbons (Fsp3) is 0.241. The number of hydrogen-bond acceptors (Lipinski definition) is 1. The van der Waals surface area contributed by atoms with Gasteiger partial charge in [0.05, 0.1) is 7.11 Å². The summed E-state index contributed by atoms with van der Waals surface area (Å²) in [4.78, 5) is 0. The van der Waals surface area contributed by atoms with Crippen molar-refractivity contribution in [3.05, 3.63) is 313 Å². The van der Waals surface area contributed by atoms with E-state index in [4.69, 9.17) is 4.74 Å². The molecule has 0 aliphatic carbocycles. The summed E-state index contributed by atoms with van der Waals surface area (Å²) in [6.07, 6.45) is 2.06. The molecule has 0 aliphatic rings. The fourth-order valence-corrected chi connectivity index (χ4v) is 8.54. The van der Waals surface area contributed by atoms with Crippen LogP contribution >= 0.6 is 0 Å². The molecule has 10 aromatic carbocycles. The van der Waals surface area contributed by atoms with Crippen LogP contribution in [-0.2, 0) is 12.8 Å². The van der Waals surface area contributed by atoms with E-state index in [-0.39, 0.29) is 0 Å². The van der Waals surface area contributed by atoms with Crippen LogP contribution in [0.25, 0.3) is 33.4 Å². The number of benzene rings is 10. The van der Waals surface area contributed by atoms with Gasteiger partial charge in [-0.2, -0.15) is 0 Å². The number of aryl methyl sites for hydroxylation is 12. The van der Waals surface area contributed by atoms with E-state index in [1.54, 1.807) is 7.11 Å². The van der Waals surface area contributed by atoms with Crippen LogP contribution in [0.3, 0.4) is 0 Å². The summed E-state index contributed by atoms with van der Waals surface area (Å²) in [7, 11) is 1.71. The standard InChI is InChI=1S/C16H18O.2C16H18.C14H14.C13H12.2C2H6/c1-11-5-7-14(9-13(11)3)15-8-6-12(2)16(10-15)17-4;1-11-5-7-15(9-13(11)3)16-8-6-12(2)14(4)10-16;1-12-4-7-15(8-5-12)11-16-9-6-13(2)14(3)10-16;1-11-3-7-13(8-4-11)14-9-5-12(2)6-10-14;1-3-7-12(8-4-1)11-13-9-5-2-6-10-13;2*1-2/h5-10H,1-4H3;5-10H,1-4H3;4-10H,11H2,1-3H3;3-10H,1-2H3;1-10H,11H2;2*1-2H3. The Bertz CT molecular complexity index is 3230. The first-order chi connectivity index (χ1) is 38.5. The lowest BCUT2D eigenvalue weighted by molar-refractivity contribution is 0.412. The third-order valence-electron chi connectivity index (χ3n) is 14.2. The highest BCUT2D eigenvalue weighted by Gasteiger charge is 2.05. The Morgan fingerprint density at radius 2 is 0.487 bits per heavy atom. The topological polar surface area (TPSA) is 9.23 Å². The van der Waals surface area contributed by atoms with Crippen molar-refractivity contribution >= 4 is 0 Å². The summed E-state index contributed by atoms with van der Waals surface area (Å²) in [5, 5.41) is 0. The Morgan fingerprint density at radius 1 is 0.225 bits per heavy atom. The molecule has 1 nitrogen and oxygen atoms in total. The van der Waals surface area contributed by atoms with Crippen molar-refractivity contribution < 1.29 is 4.74 Å². The first-order valence-electron chi connectivity index (χ1n) is 28.8. The van der Waals surface area contributed by atoms with Crippen LogP contribution in [-0.4, -0.2) is 7.11 Å². The normalized spacial score (nSPS) is 9.91. The van der Waals surface area contributed by atoms with Gasteiger partial charge in [-0.3, -0.25) is 0 Å². The Morgan fingerprint density at radius 3 is 0.825 bits per heavy atom. The van der Waals surface area contributed by atoms with E-state index in [1.807, 2.05) is 27.7 Å². The molecule has 0 aromatic heterocycles. The summed E-state index contributed by atoms with van der Waals surface area (Å²) >= 11 is 0. The average Bonchev–Trinajstić information content (AvgIpc) is 3.49. The summed E-state index contributed by atoms with van der Waals surface area (Å²) in [6, 6.07) is 80.0. The van der Waals surface area contributed by atoms with Crippen LogP contribution in [0.5, 0.6) is 5.75 Å².